The summed E-state index contributed by atoms with van der Waals surface area (Å²) >= 11 is 0. The summed E-state index contributed by atoms with van der Waals surface area (Å²) in [7, 11) is 0. The van der Waals surface area contributed by atoms with Crippen molar-refractivity contribution in [3.63, 3.8) is 0 Å². The summed E-state index contributed by atoms with van der Waals surface area (Å²) in [4.78, 5) is 25.5. The van der Waals surface area contributed by atoms with Gasteiger partial charge in [-0.05, 0) is 26.3 Å². The zero-order chi connectivity index (χ0) is 15.5. The number of carbonyl (C=O) groups is 2. The molecule has 0 bridgehead atoms. The predicted octanol–water partition coefficient (Wildman–Crippen LogP) is 2.31. The number of carbonyl (C=O) groups excluding carboxylic acids is 2. The van der Waals surface area contributed by atoms with Crippen LogP contribution in [-0.2, 0) is 16.1 Å². The van der Waals surface area contributed by atoms with Crippen molar-refractivity contribution in [2.24, 2.45) is 0 Å². The highest BCUT2D eigenvalue weighted by Crippen LogP contribution is 2.17. The molecule has 1 amide bonds. The van der Waals surface area contributed by atoms with E-state index in [1.807, 2.05) is 56.0 Å². The van der Waals surface area contributed by atoms with Crippen molar-refractivity contribution in [1.82, 2.24) is 10.2 Å². The molecule has 5 nitrogen and oxygen atoms in total. The molecule has 1 heterocycles. The normalized spacial score (nSPS) is 19.6. The second-order valence-corrected chi connectivity index (χ2v) is 6.30. The Morgan fingerprint density at radius 3 is 2.62 bits per heavy atom. The molecule has 5 heteroatoms. The van der Waals surface area contributed by atoms with Crippen LogP contribution in [-0.4, -0.2) is 35.1 Å². The fourth-order valence-electron chi connectivity index (χ4n) is 2.32. The Labute approximate surface area is 125 Å². The predicted molar refractivity (Wildman–Crippen MR) is 79.6 cm³/mol. The number of rotatable bonds is 3. The molecular weight excluding hydrogens is 268 g/mol. The molecule has 1 atom stereocenters. The van der Waals surface area contributed by atoms with Gasteiger partial charge in [-0.1, -0.05) is 30.3 Å². The molecular formula is C16H22N2O3. The van der Waals surface area contributed by atoms with Gasteiger partial charge in [0.05, 0.1) is 12.7 Å². The highest BCUT2D eigenvalue weighted by molar-refractivity contribution is 5.84. The number of likely N-dealkylation sites (tertiary alicyclic amines) is 1. The molecule has 1 aliphatic heterocycles. The first kappa shape index (κ1) is 15.5. The van der Waals surface area contributed by atoms with E-state index in [1.54, 1.807) is 0 Å². The van der Waals surface area contributed by atoms with E-state index in [1.165, 1.54) is 0 Å². The minimum Gasteiger partial charge on any atom is -0.444 e. The zero-order valence-corrected chi connectivity index (χ0v) is 12.8. The second kappa shape index (κ2) is 6.26. The Morgan fingerprint density at radius 2 is 2.00 bits per heavy atom. The van der Waals surface area contributed by atoms with Gasteiger partial charge in [0.15, 0.2) is 0 Å². The standard InChI is InChI=1S/C16H22N2O3/c1-16(2,3)21-15(20)17-14-9-13(19)11-18(14)10-12-7-5-4-6-8-12/h4-8,14H,9-11H2,1-3H3,(H,17,20). The van der Waals surface area contributed by atoms with Gasteiger partial charge < -0.3 is 10.1 Å². The van der Waals surface area contributed by atoms with Gasteiger partial charge in [0.1, 0.15) is 11.4 Å². The highest BCUT2D eigenvalue weighted by atomic mass is 16.6. The first-order valence-electron chi connectivity index (χ1n) is 7.13. The molecule has 0 spiro atoms. The van der Waals surface area contributed by atoms with Crippen LogP contribution in [0.5, 0.6) is 0 Å². The summed E-state index contributed by atoms with van der Waals surface area (Å²) < 4.78 is 5.25. The highest BCUT2D eigenvalue weighted by Gasteiger charge is 2.32. The summed E-state index contributed by atoms with van der Waals surface area (Å²) in [5, 5.41) is 2.78. The third-order valence-electron chi connectivity index (χ3n) is 3.15. The average molecular weight is 290 g/mol. The molecule has 1 unspecified atom stereocenters. The third-order valence-corrected chi connectivity index (χ3v) is 3.15. The van der Waals surface area contributed by atoms with Crippen LogP contribution in [0.15, 0.2) is 30.3 Å². The minimum absolute atomic E-state index is 0.131. The van der Waals surface area contributed by atoms with Gasteiger partial charge in [0.2, 0.25) is 0 Å². The lowest BCUT2D eigenvalue weighted by Gasteiger charge is -2.26. The largest absolute Gasteiger partial charge is 0.444 e. The first-order valence-corrected chi connectivity index (χ1v) is 7.13. The molecule has 114 valence electrons. The molecule has 0 aromatic heterocycles. The Bertz CT molecular complexity index is 508. The molecule has 1 N–H and O–H groups in total. The quantitative estimate of drug-likeness (QED) is 0.928. The Kier molecular flexibility index (Phi) is 4.63. The van der Waals surface area contributed by atoms with Crippen molar-refractivity contribution in [1.29, 1.82) is 0 Å². The molecule has 1 fully saturated rings. The average Bonchev–Trinajstić information content (AvgIpc) is 2.68. The number of ketones is 1. The van der Waals surface area contributed by atoms with E-state index in [0.29, 0.717) is 19.5 Å². The monoisotopic (exact) mass is 290 g/mol. The van der Waals surface area contributed by atoms with Crippen LogP contribution in [0.1, 0.15) is 32.8 Å². The molecule has 1 aromatic rings. The van der Waals surface area contributed by atoms with Gasteiger partial charge >= 0.3 is 6.09 Å². The van der Waals surface area contributed by atoms with Crippen LogP contribution in [0.2, 0.25) is 0 Å². The molecule has 0 saturated carbocycles. The van der Waals surface area contributed by atoms with Crippen molar-refractivity contribution in [3.8, 4) is 0 Å². The minimum atomic E-state index is -0.545. The lowest BCUT2D eigenvalue weighted by atomic mass is 10.2. The van der Waals surface area contributed by atoms with Gasteiger partial charge in [0.25, 0.3) is 0 Å². The van der Waals surface area contributed by atoms with Crippen LogP contribution in [0, 0.1) is 0 Å². The number of ether oxygens (including phenoxy) is 1. The molecule has 21 heavy (non-hydrogen) atoms. The summed E-state index contributed by atoms with van der Waals surface area (Å²) in [6.45, 7) is 6.43. The topological polar surface area (TPSA) is 58.6 Å². The Morgan fingerprint density at radius 1 is 1.33 bits per heavy atom. The maximum absolute atomic E-state index is 11.8. The second-order valence-electron chi connectivity index (χ2n) is 6.30. The van der Waals surface area contributed by atoms with Gasteiger partial charge in [-0.2, -0.15) is 0 Å². The van der Waals surface area contributed by atoms with Gasteiger partial charge in [-0.25, -0.2) is 4.79 Å². The number of Topliss-reactive ketones (excluding diaryl/α,β-unsaturated/α-hetero) is 1. The Balaban J connectivity index is 1.97. The van der Waals surface area contributed by atoms with Crippen LogP contribution >= 0.6 is 0 Å². The van der Waals surface area contributed by atoms with E-state index >= 15 is 0 Å². The number of nitrogens with zero attached hydrogens (tertiary/aromatic N) is 1. The lowest BCUT2D eigenvalue weighted by molar-refractivity contribution is -0.117. The van der Waals surface area contributed by atoms with E-state index in [9.17, 15) is 9.59 Å². The smallest absolute Gasteiger partial charge is 0.408 e. The SMILES string of the molecule is CC(C)(C)OC(=O)NC1CC(=O)CN1Cc1ccccc1. The first-order chi connectivity index (χ1) is 9.83. The van der Waals surface area contributed by atoms with Crippen LogP contribution in [0.25, 0.3) is 0 Å². The fraction of sp³-hybridized carbons (Fsp3) is 0.500. The van der Waals surface area contributed by atoms with E-state index in [-0.39, 0.29) is 11.9 Å². The van der Waals surface area contributed by atoms with Crippen LogP contribution < -0.4 is 5.32 Å². The maximum atomic E-state index is 11.8. The van der Waals surface area contributed by atoms with Crippen molar-refractivity contribution in [2.45, 2.75) is 45.5 Å². The third kappa shape index (κ3) is 4.86. The van der Waals surface area contributed by atoms with E-state index in [0.717, 1.165) is 5.56 Å². The number of nitrogens with one attached hydrogen (secondary N) is 1. The molecule has 0 radical (unpaired) electrons. The van der Waals surface area contributed by atoms with Crippen LogP contribution in [0.3, 0.4) is 0 Å². The number of hydrogen-bond donors (Lipinski definition) is 1. The maximum Gasteiger partial charge on any atom is 0.408 e. The number of amides is 1. The fourth-order valence-corrected chi connectivity index (χ4v) is 2.32. The molecule has 0 aliphatic carbocycles. The number of alkyl carbamates (subject to hydrolysis) is 1. The molecule has 2 rings (SSSR count). The Hall–Kier alpha value is -1.88. The lowest BCUT2D eigenvalue weighted by Crippen LogP contribution is -2.45. The van der Waals surface area contributed by atoms with Crippen molar-refractivity contribution in [3.05, 3.63) is 35.9 Å². The van der Waals surface area contributed by atoms with E-state index in [4.69, 9.17) is 4.74 Å². The van der Waals surface area contributed by atoms with Gasteiger partial charge in [0, 0.05) is 13.0 Å². The number of benzene rings is 1. The molecule has 1 saturated heterocycles. The van der Waals surface area contributed by atoms with E-state index < -0.39 is 11.7 Å². The van der Waals surface area contributed by atoms with Crippen molar-refractivity contribution < 1.29 is 14.3 Å². The summed E-state index contributed by atoms with van der Waals surface area (Å²) in [5.74, 6) is 0.131. The summed E-state index contributed by atoms with van der Waals surface area (Å²) in [6, 6.07) is 9.89. The molecule has 1 aliphatic rings. The van der Waals surface area contributed by atoms with Gasteiger partial charge in [-0.3, -0.25) is 9.69 Å². The summed E-state index contributed by atoms with van der Waals surface area (Å²) in [6.07, 6.45) is -0.459. The van der Waals surface area contributed by atoms with Crippen molar-refractivity contribution in [2.75, 3.05) is 6.54 Å². The van der Waals surface area contributed by atoms with E-state index in [2.05, 4.69) is 5.32 Å². The summed E-state index contributed by atoms with van der Waals surface area (Å²) in [5.41, 5.74) is 0.569. The molecule has 1 aromatic carbocycles. The van der Waals surface area contributed by atoms with Crippen molar-refractivity contribution >= 4 is 11.9 Å². The zero-order valence-electron chi connectivity index (χ0n) is 12.8. The number of hydrogen-bond acceptors (Lipinski definition) is 4. The van der Waals surface area contributed by atoms with Gasteiger partial charge in [-0.15, -0.1) is 0 Å². The van der Waals surface area contributed by atoms with Crippen LogP contribution in [0.4, 0.5) is 4.79 Å².